The number of benzene rings is 3. The third-order valence-electron chi connectivity index (χ3n) is 5.87. The number of esters is 1. The number of hydrogen-bond donors (Lipinski definition) is 0. The van der Waals surface area contributed by atoms with Crippen molar-refractivity contribution in [1.29, 1.82) is 0 Å². The first-order chi connectivity index (χ1) is 16.6. The third-order valence-corrected chi connectivity index (χ3v) is 7.10. The van der Waals surface area contributed by atoms with Crippen LogP contribution in [0.4, 0.5) is 18.9 Å². The van der Waals surface area contributed by atoms with Gasteiger partial charge in [-0.1, -0.05) is 24.3 Å². The number of carbonyl (C=O) groups is 1. The van der Waals surface area contributed by atoms with E-state index < -0.39 is 39.5 Å². The molecule has 0 spiro atoms. The van der Waals surface area contributed by atoms with Crippen molar-refractivity contribution in [3.63, 3.8) is 0 Å². The first kappa shape index (κ1) is 24.7. The number of hydrogen-bond acceptors (Lipinski definition) is 5. The fourth-order valence-corrected chi connectivity index (χ4v) is 5.52. The summed E-state index contributed by atoms with van der Waals surface area (Å²) in [6, 6.07) is 14.2. The number of rotatable bonds is 7. The van der Waals surface area contributed by atoms with Gasteiger partial charge in [-0.05, 0) is 53.6 Å². The summed E-state index contributed by atoms with van der Waals surface area (Å²) in [5, 5.41) is 0. The number of carbonyl (C=O) groups excluding carboxylic acids is 1. The lowest BCUT2D eigenvalue weighted by Gasteiger charge is -2.48. The van der Waals surface area contributed by atoms with E-state index in [0.717, 1.165) is 40.9 Å². The molecule has 184 valence electrons. The van der Waals surface area contributed by atoms with E-state index >= 15 is 0 Å². The van der Waals surface area contributed by atoms with Gasteiger partial charge in [-0.3, -0.25) is 9.21 Å². The van der Waals surface area contributed by atoms with Crippen LogP contribution in [-0.4, -0.2) is 51.8 Å². The van der Waals surface area contributed by atoms with Crippen LogP contribution >= 0.6 is 0 Å². The Balaban J connectivity index is 1.66. The highest BCUT2D eigenvalue weighted by Crippen LogP contribution is 2.36. The van der Waals surface area contributed by atoms with Crippen molar-refractivity contribution in [3.8, 4) is 0 Å². The molecule has 0 saturated carbocycles. The van der Waals surface area contributed by atoms with Gasteiger partial charge in [0.2, 0.25) is 10.0 Å². The minimum absolute atomic E-state index is 0.0117. The molecular formula is C25H23F3N2O4S. The predicted molar refractivity (Wildman–Crippen MR) is 125 cm³/mol. The zero-order chi connectivity index (χ0) is 25.3. The zero-order valence-corrected chi connectivity index (χ0v) is 19.8. The SMILES string of the molecule is COC(=O)c1cc(F)cc(N(C2CN(C(c3ccc(F)cc3)c3ccc(F)cc3)C2)S(C)(=O)=O)c1. The van der Waals surface area contributed by atoms with E-state index in [-0.39, 0.29) is 30.4 Å². The maximum absolute atomic E-state index is 14.3. The lowest BCUT2D eigenvalue weighted by atomic mass is 9.93. The molecule has 0 unspecified atom stereocenters. The van der Waals surface area contributed by atoms with E-state index in [1.165, 1.54) is 30.3 Å². The minimum atomic E-state index is -3.84. The molecule has 0 radical (unpaired) electrons. The normalized spacial score (nSPS) is 14.6. The molecule has 1 heterocycles. The molecule has 0 aromatic heterocycles. The van der Waals surface area contributed by atoms with Crippen LogP contribution in [0.25, 0.3) is 0 Å². The maximum atomic E-state index is 14.3. The number of methoxy groups -OCH3 is 1. The molecule has 10 heteroatoms. The average molecular weight is 505 g/mol. The first-order valence-corrected chi connectivity index (χ1v) is 12.5. The van der Waals surface area contributed by atoms with Gasteiger partial charge in [0.1, 0.15) is 17.5 Å². The van der Waals surface area contributed by atoms with Gasteiger partial charge in [0.25, 0.3) is 0 Å². The molecule has 1 fully saturated rings. The maximum Gasteiger partial charge on any atom is 0.338 e. The van der Waals surface area contributed by atoms with Crippen LogP contribution in [-0.2, 0) is 14.8 Å². The highest BCUT2D eigenvalue weighted by Gasteiger charge is 2.41. The van der Waals surface area contributed by atoms with Gasteiger partial charge < -0.3 is 4.74 Å². The quantitative estimate of drug-likeness (QED) is 0.453. The van der Waals surface area contributed by atoms with Gasteiger partial charge in [-0.2, -0.15) is 0 Å². The second-order valence-corrected chi connectivity index (χ2v) is 10.2. The van der Waals surface area contributed by atoms with Crippen LogP contribution in [0.1, 0.15) is 27.5 Å². The van der Waals surface area contributed by atoms with E-state index in [1.54, 1.807) is 24.3 Å². The van der Waals surface area contributed by atoms with Crippen molar-refractivity contribution < 1.29 is 31.1 Å². The Labute approximate surface area is 201 Å². The molecule has 3 aromatic rings. The van der Waals surface area contributed by atoms with Crippen molar-refractivity contribution in [2.24, 2.45) is 0 Å². The van der Waals surface area contributed by atoms with Crippen molar-refractivity contribution in [3.05, 3.63) is 101 Å². The Hall–Kier alpha value is -3.37. The van der Waals surface area contributed by atoms with E-state index in [4.69, 9.17) is 0 Å². The molecule has 1 saturated heterocycles. The van der Waals surface area contributed by atoms with E-state index in [0.29, 0.717) is 0 Å². The summed E-state index contributed by atoms with van der Waals surface area (Å²) in [7, 11) is -2.70. The largest absolute Gasteiger partial charge is 0.465 e. The number of halogens is 3. The van der Waals surface area contributed by atoms with E-state index in [1.807, 2.05) is 4.90 Å². The molecular weight excluding hydrogens is 481 g/mol. The number of sulfonamides is 1. The number of nitrogens with zero attached hydrogens (tertiary/aromatic N) is 2. The molecule has 3 aromatic carbocycles. The van der Waals surface area contributed by atoms with Crippen molar-refractivity contribution in [2.75, 3.05) is 30.8 Å². The van der Waals surface area contributed by atoms with Crippen LogP contribution in [0, 0.1) is 17.5 Å². The summed E-state index contributed by atoms with van der Waals surface area (Å²) in [6.45, 7) is 0.521. The van der Waals surface area contributed by atoms with Gasteiger partial charge in [-0.25, -0.2) is 26.4 Å². The van der Waals surface area contributed by atoms with Crippen molar-refractivity contribution in [2.45, 2.75) is 12.1 Å². The molecule has 1 aliphatic rings. The molecule has 0 aliphatic carbocycles. The summed E-state index contributed by atoms with van der Waals surface area (Å²) in [5.41, 5.74) is 1.41. The van der Waals surface area contributed by atoms with Crippen LogP contribution in [0.2, 0.25) is 0 Å². The predicted octanol–water partition coefficient (Wildman–Crippen LogP) is 4.13. The zero-order valence-electron chi connectivity index (χ0n) is 19.0. The van der Waals surface area contributed by atoms with Crippen LogP contribution in [0.5, 0.6) is 0 Å². The number of ether oxygens (including phenoxy) is 1. The Bertz CT molecular complexity index is 1280. The van der Waals surface area contributed by atoms with Gasteiger partial charge in [0, 0.05) is 13.1 Å². The standard InChI is InChI=1S/C25H23F3N2O4S/c1-34-25(31)18-11-21(28)13-22(12-18)30(35(2,32)33)23-14-29(15-23)24(16-3-7-19(26)8-4-16)17-5-9-20(27)10-6-17/h3-13,23-24H,14-15H2,1-2H3. The monoisotopic (exact) mass is 504 g/mol. The molecule has 0 bridgehead atoms. The van der Waals surface area contributed by atoms with E-state index in [2.05, 4.69) is 4.74 Å². The lowest BCUT2D eigenvalue weighted by molar-refractivity contribution is 0.0600. The second kappa shape index (κ2) is 9.71. The van der Waals surface area contributed by atoms with Crippen LogP contribution in [0.15, 0.2) is 66.7 Å². The molecule has 35 heavy (non-hydrogen) atoms. The Morgan fingerprint density at radius 1 is 0.914 bits per heavy atom. The molecule has 0 N–H and O–H groups in total. The molecule has 0 atom stereocenters. The molecule has 4 rings (SSSR count). The number of likely N-dealkylation sites (tertiary alicyclic amines) is 1. The topological polar surface area (TPSA) is 66.9 Å². The smallest absolute Gasteiger partial charge is 0.338 e. The lowest BCUT2D eigenvalue weighted by Crippen LogP contribution is -2.61. The van der Waals surface area contributed by atoms with Crippen molar-refractivity contribution >= 4 is 21.7 Å². The average Bonchev–Trinajstić information content (AvgIpc) is 2.78. The van der Waals surface area contributed by atoms with Gasteiger partial charge in [0.05, 0.1) is 36.7 Å². The van der Waals surface area contributed by atoms with Crippen molar-refractivity contribution in [1.82, 2.24) is 4.90 Å². The fraction of sp³-hybridized carbons (Fsp3) is 0.240. The van der Waals surface area contributed by atoms with Gasteiger partial charge >= 0.3 is 5.97 Å². The first-order valence-electron chi connectivity index (χ1n) is 10.7. The summed E-state index contributed by atoms with van der Waals surface area (Å²) in [4.78, 5) is 13.9. The minimum Gasteiger partial charge on any atom is -0.465 e. The summed E-state index contributed by atoms with van der Waals surface area (Å²) in [6.07, 6.45) is 1.01. The Kier molecular flexibility index (Phi) is 6.86. The second-order valence-electron chi connectivity index (χ2n) is 8.36. The van der Waals surface area contributed by atoms with E-state index in [9.17, 15) is 26.4 Å². The molecule has 1 aliphatic heterocycles. The Morgan fingerprint density at radius 2 is 1.43 bits per heavy atom. The molecule has 0 amide bonds. The third kappa shape index (κ3) is 5.33. The Morgan fingerprint density at radius 3 is 1.89 bits per heavy atom. The fourth-order valence-electron chi connectivity index (χ4n) is 4.36. The van der Waals surface area contributed by atoms with Crippen LogP contribution < -0.4 is 4.31 Å². The van der Waals surface area contributed by atoms with Crippen LogP contribution in [0.3, 0.4) is 0 Å². The highest BCUT2D eigenvalue weighted by atomic mass is 32.2. The summed E-state index contributed by atoms with van der Waals surface area (Å²) >= 11 is 0. The highest BCUT2D eigenvalue weighted by molar-refractivity contribution is 7.92. The summed E-state index contributed by atoms with van der Waals surface area (Å²) in [5.74, 6) is -2.36. The van der Waals surface area contributed by atoms with Gasteiger partial charge in [-0.15, -0.1) is 0 Å². The van der Waals surface area contributed by atoms with Gasteiger partial charge in [0.15, 0.2) is 0 Å². The summed E-state index contributed by atoms with van der Waals surface area (Å²) < 4.78 is 72.5. The number of anilines is 1. The molecule has 6 nitrogen and oxygen atoms in total.